The van der Waals surface area contributed by atoms with Gasteiger partial charge < -0.3 is 5.32 Å². The first-order valence-electron chi connectivity index (χ1n) is 11.4. The van der Waals surface area contributed by atoms with Gasteiger partial charge in [0.1, 0.15) is 11.2 Å². The molecule has 0 radical (unpaired) electrons. The summed E-state index contributed by atoms with van der Waals surface area (Å²) in [5, 5.41) is 2.79. The minimum atomic E-state index is -1.11. The van der Waals surface area contributed by atoms with E-state index in [0.717, 1.165) is 19.3 Å². The molecule has 3 aliphatic rings. The number of amides is 1. The Morgan fingerprint density at radius 3 is 2.50 bits per heavy atom. The highest BCUT2D eigenvalue weighted by molar-refractivity contribution is 8.00. The molecule has 1 N–H and O–H groups in total. The summed E-state index contributed by atoms with van der Waals surface area (Å²) in [6.07, 6.45) is 9.46. The van der Waals surface area contributed by atoms with Gasteiger partial charge in [0.25, 0.3) is 0 Å². The average molecular weight is 432 g/mol. The van der Waals surface area contributed by atoms with Crippen LogP contribution in [-0.4, -0.2) is 35.0 Å². The van der Waals surface area contributed by atoms with E-state index in [-0.39, 0.29) is 47.7 Å². The summed E-state index contributed by atoms with van der Waals surface area (Å²) in [6, 6.07) is -0.0142. The number of carbonyl (C=O) groups excluding carboxylic acids is 3. The van der Waals surface area contributed by atoms with Gasteiger partial charge in [-0.2, -0.15) is 11.8 Å². The molecule has 3 rings (SSSR count). The van der Waals surface area contributed by atoms with Crippen LogP contribution in [0.2, 0.25) is 0 Å². The zero-order valence-electron chi connectivity index (χ0n) is 19.3. The summed E-state index contributed by atoms with van der Waals surface area (Å²) >= 11 is 1.43. The van der Waals surface area contributed by atoms with Crippen LogP contribution in [0.5, 0.6) is 0 Å². The smallest absolute Gasteiger partial charge is 0.235 e. The van der Waals surface area contributed by atoms with Gasteiger partial charge in [-0.05, 0) is 51.2 Å². The molecular formula is C25H37NO3S. The molecule has 1 heterocycles. The molecule has 0 aromatic heterocycles. The van der Waals surface area contributed by atoms with Crippen LogP contribution >= 0.6 is 11.8 Å². The Morgan fingerprint density at radius 2 is 1.87 bits per heavy atom. The number of rotatable bonds is 3. The van der Waals surface area contributed by atoms with E-state index in [1.54, 1.807) is 0 Å². The van der Waals surface area contributed by atoms with Crippen molar-refractivity contribution >= 4 is 29.2 Å². The van der Waals surface area contributed by atoms with Gasteiger partial charge in [0, 0.05) is 30.7 Å². The van der Waals surface area contributed by atoms with Gasteiger partial charge in [-0.25, -0.2) is 0 Å². The van der Waals surface area contributed by atoms with E-state index in [2.05, 4.69) is 52.1 Å². The number of hydrogen-bond acceptors (Lipinski definition) is 4. The Labute approximate surface area is 185 Å². The second-order valence-corrected chi connectivity index (χ2v) is 11.1. The van der Waals surface area contributed by atoms with Crippen molar-refractivity contribution < 1.29 is 14.4 Å². The molecule has 1 aliphatic heterocycles. The number of ketones is 2. The van der Waals surface area contributed by atoms with Crippen LogP contribution in [-0.2, 0) is 14.4 Å². The van der Waals surface area contributed by atoms with Crippen molar-refractivity contribution in [3.05, 3.63) is 23.3 Å². The third kappa shape index (κ3) is 3.94. The fraction of sp³-hybridized carbons (Fsp3) is 0.720. The number of thioether (sulfide) groups is 1. The minimum absolute atomic E-state index is 0.0142. The predicted molar refractivity (Wildman–Crippen MR) is 123 cm³/mol. The summed E-state index contributed by atoms with van der Waals surface area (Å²) in [4.78, 5) is 40.5. The first kappa shape index (κ1) is 23.3. The van der Waals surface area contributed by atoms with Crippen LogP contribution in [0.25, 0.3) is 0 Å². The Hall–Kier alpha value is -1.36. The van der Waals surface area contributed by atoms with E-state index >= 15 is 0 Å². The maximum Gasteiger partial charge on any atom is 0.235 e. The molecular weight excluding hydrogens is 394 g/mol. The summed E-state index contributed by atoms with van der Waals surface area (Å²) in [7, 11) is 0. The summed E-state index contributed by atoms with van der Waals surface area (Å²) in [6.45, 7) is 10.7. The normalized spacial score (nSPS) is 37.7. The van der Waals surface area contributed by atoms with E-state index in [1.165, 1.54) is 22.9 Å². The number of hydrogen-bond donors (Lipinski definition) is 1. The van der Waals surface area contributed by atoms with Crippen LogP contribution in [0.15, 0.2) is 23.3 Å². The molecule has 0 bridgehead atoms. The number of Topliss-reactive ketones (excluding diaryl/α,β-unsaturated/α-hetero) is 2. The molecule has 1 saturated heterocycles. The molecule has 1 fully saturated rings. The molecule has 1 spiro atoms. The Balaban J connectivity index is 2.23. The van der Waals surface area contributed by atoms with Crippen LogP contribution < -0.4 is 5.32 Å². The van der Waals surface area contributed by atoms with Crippen molar-refractivity contribution in [1.29, 1.82) is 0 Å². The monoisotopic (exact) mass is 431 g/mol. The van der Waals surface area contributed by atoms with Crippen molar-refractivity contribution in [2.45, 2.75) is 78.0 Å². The zero-order valence-corrected chi connectivity index (χ0v) is 20.1. The van der Waals surface area contributed by atoms with Crippen LogP contribution in [0.4, 0.5) is 0 Å². The lowest BCUT2D eigenvalue weighted by atomic mass is 9.54. The van der Waals surface area contributed by atoms with E-state index in [1.807, 2.05) is 6.26 Å². The highest BCUT2D eigenvalue weighted by Crippen LogP contribution is 2.56. The first-order chi connectivity index (χ1) is 14.1. The van der Waals surface area contributed by atoms with Gasteiger partial charge in [0.15, 0.2) is 5.78 Å². The van der Waals surface area contributed by atoms with E-state index < -0.39 is 10.7 Å². The van der Waals surface area contributed by atoms with Gasteiger partial charge in [0.2, 0.25) is 5.91 Å². The second kappa shape index (κ2) is 9.02. The standard InChI is InChI=1S/C25H37NO3S/c1-14(2)10-20-22-17(5)16(4)12-18-11-15(3)8-7-9-19(27)13-21(30-6)23(28)25(18,22)24(29)26-20/h11-12,14,17-18,20-22H,7-10,13H2,1-6H3,(H,26,29)/t17-,18+,20+,21-,22+,25+/m1/s1. The number of nitrogens with one attached hydrogen (secondary N) is 1. The Kier molecular flexibility index (Phi) is 7.01. The van der Waals surface area contributed by atoms with Gasteiger partial charge >= 0.3 is 0 Å². The van der Waals surface area contributed by atoms with E-state index in [9.17, 15) is 14.4 Å². The summed E-state index contributed by atoms with van der Waals surface area (Å²) in [5.74, 6) is 0.216. The Morgan fingerprint density at radius 1 is 1.17 bits per heavy atom. The molecule has 0 aromatic carbocycles. The molecule has 166 valence electrons. The lowest BCUT2D eigenvalue weighted by Gasteiger charge is -2.46. The minimum Gasteiger partial charge on any atom is -0.352 e. The van der Waals surface area contributed by atoms with Crippen molar-refractivity contribution in [2.24, 2.45) is 29.1 Å². The molecule has 0 unspecified atom stereocenters. The lowest BCUT2D eigenvalue weighted by molar-refractivity contribution is -0.145. The average Bonchev–Trinajstić information content (AvgIpc) is 2.94. The van der Waals surface area contributed by atoms with Crippen molar-refractivity contribution in [2.75, 3.05) is 6.26 Å². The second-order valence-electron chi connectivity index (χ2n) is 10.0. The van der Waals surface area contributed by atoms with Gasteiger partial charge in [-0.1, -0.05) is 44.1 Å². The zero-order chi connectivity index (χ0) is 22.2. The van der Waals surface area contributed by atoms with Crippen LogP contribution in [0.1, 0.15) is 66.7 Å². The fourth-order valence-electron chi connectivity index (χ4n) is 5.96. The SMILES string of the molecule is CS[C@@H]1CC(=O)CCCC(C)=C[C@H]2C=C(C)[C@@H](C)[C@H]3[C@H](CC(C)C)NC(=O)[C@@]23C1=O. The van der Waals surface area contributed by atoms with E-state index in [4.69, 9.17) is 0 Å². The van der Waals surface area contributed by atoms with Crippen molar-refractivity contribution in [3.63, 3.8) is 0 Å². The molecule has 6 atom stereocenters. The topological polar surface area (TPSA) is 63.2 Å². The summed E-state index contributed by atoms with van der Waals surface area (Å²) < 4.78 is 0. The maximum absolute atomic E-state index is 14.2. The third-order valence-corrected chi connectivity index (χ3v) is 8.44. The lowest BCUT2D eigenvalue weighted by Crippen LogP contribution is -2.55. The maximum atomic E-state index is 14.2. The molecule has 2 aliphatic carbocycles. The van der Waals surface area contributed by atoms with Crippen molar-refractivity contribution in [3.8, 4) is 0 Å². The van der Waals surface area contributed by atoms with Crippen molar-refractivity contribution in [1.82, 2.24) is 5.32 Å². The van der Waals surface area contributed by atoms with Gasteiger partial charge in [-0.3, -0.25) is 14.4 Å². The van der Waals surface area contributed by atoms with Gasteiger partial charge in [0.05, 0.1) is 5.25 Å². The predicted octanol–water partition coefficient (Wildman–Crippen LogP) is 4.74. The molecule has 5 heteroatoms. The van der Waals surface area contributed by atoms with Crippen LogP contribution in [0, 0.1) is 29.1 Å². The molecule has 0 saturated carbocycles. The number of carbonyl (C=O) groups is 3. The fourth-order valence-corrected chi connectivity index (χ4v) is 6.72. The van der Waals surface area contributed by atoms with Crippen LogP contribution in [0.3, 0.4) is 0 Å². The quantitative estimate of drug-likeness (QED) is 0.518. The number of allylic oxidation sites excluding steroid dienone is 4. The largest absolute Gasteiger partial charge is 0.352 e. The molecule has 4 nitrogen and oxygen atoms in total. The van der Waals surface area contributed by atoms with Gasteiger partial charge in [-0.15, -0.1) is 0 Å². The summed E-state index contributed by atoms with van der Waals surface area (Å²) in [5.41, 5.74) is 1.31. The third-order valence-electron chi connectivity index (χ3n) is 7.49. The van der Waals surface area contributed by atoms with E-state index in [0.29, 0.717) is 12.3 Å². The highest BCUT2D eigenvalue weighted by atomic mass is 32.2. The molecule has 0 aromatic rings. The highest BCUT2D eigenvalue weighted by Gasteiger charge is 2.66. The molecule has 1 amide bonds. The Bertz CT molecular complexity index is 783. The first-order valence-corrected chi connectivity index (χ1v) is 12.7. The molecule has 30 heavy (non-hydrogen) atoms.